The minimum Gasteiger partial charge on any atom is -0.381 e. The first-order valence-corrected chi connectivity index (χ1v) is 6.45. The van der Waals surface area contributed by atoms with Crippen molar-refractivity contribution in [2.24, 2.45) is 5.92 Å². The molecule has 1 N–H and O–H groups in total. The van der Waals surface area contributed by atoms with Gasteiger partial charge in [0.1, 0.15) is 0 Å². The van der Waals surface area contributed by atoms with Gasteiger partial charge in [-0.3, -0.25) is 0 Å². The minimum atomic E-state index is 0.697. The van der Waals surface area contributed by atoms with Crippen LogP contribution in [-0.2, 0) is 11.2 Å². The molecular formula is C13H14BrNO. The highest BCUT2D eigenvalue weighted by Crippen LogP contribution is 2.26. The van der Waals surface area contributed by atoms with E-state index in [0.29, 0.717) is 5.92 Å². The molecule has 2 nitrogen and oxygen atoms in total. The van der Waals surface area contributed by atoms with Gasteiger partial charge < -0.3 is 9.72 Å². The summed E-state index contributed by atoms with van der Waals surface area (Å²) in [6.45, 7) is 1.85. The molecular weight excluding hydrogens is 266 g/mol. The van der Waals surface area contributed by atoms with E-state index in [0.717, 1.165) is 24.1 Å². The summed E-state index contributed by atoms with van der Waals surface area (Å²) in [5.41, 5.74) is 2.63. The van der Waals surface area contributed by atoms with Crippen LogP contribution in [0, 0.1) is 5.92 Å². The van der Waals surface area contributed by atoms with E-state index in [4.69, 9.17) is 4.74 Å². The van der Waals surface area contributed by atoms with Crippen LogP contribution >= 0.6 is 15.9 Å². The van der Waals surface area contributed by atoms with Crippen LogP contribution < -0.4 is 0 Å². The highest BCUT2D eigenvalue weighted by molar-refractivity contribution is 9.10. The average molecular weight is 280 g/mol. The molecule has 2 heterocycles. The van der Waals surface area contributed by atoms with E-state index in [-0.39, 0.29) is 0 Å². The van der Waals surface area contributed by atoms with Crippen molar-refractivity contribution in [1.29, 1.82) is 0 Å². The minimum absolute atomic E-state index is 0.697. The molecule has 0 saturated carbocycles. The largest absolute Gasteiger partial charge is 0.381 e. The van der Waals surface area contributed by atoms with Gasteiger partial charge in [-0.2, -0.15) is 0 Å². The number of fused-ring (bicyclic) bond motifs is 1. The molecule has 1 atom stereocenters. The maximum absolute atomic E-state index is 5.42. The second kappa shape index (κ2) is 4.22. The zero-order valence-corrected chi connectivity index (χ0v) is 10.6. The summed E-state index contributed by atoms with van der Waals surface area (Å²) in [5.74, 6) is 0.697. The maximum Gasteiger partial charge on any atom is 0.0498 e. The Morgan fingerprint density at radius 3 is 3.19 bits per heavy atom. The van der Waals surface area contributed by atoms with Crippen molar-refractivity contribution < 1.29 is 4.74 Å². The number of aromatic nitrogens is 1. The number of rotatable bonds is 2. The topological polar surface area (TPSA) is 25.0 Å². The second-order valence-corrected chi connectivity index (χ2v) is 5.35. The molecule has 1 aliphatic heterocycles. The Kier molecular flexibility index (Phi) is 2.74. The first kappa shape index (κ1) is 10.4. The Bertz CT molecular complexity index is 500. The van der Waals surface area contributed by atoms with Crippen LogP contribution in [0.1, 0.15) is 12.0 Å². The predicted octanol–water partition coefficient (Wildman–Crippen LogP) is 3.51. The summed E-state index contributed by atoms with van der Waals surface area (Å²) in [5, 5.41) is 1.34. The van der Waals surface area contributed by atoms with Gasteiger partial charge in [-0.05, 0) is 36.5 Å². The average Bonchev–Trinajstić information content (AvgIpc) is 2.89. The first-order chi connectivity index (χ1) is 7.83. The van der Waals surface area contributed by atoms with Crippen LogP contribution in [0.2, 0.25) is 0 Å². The zero-order valence-electron chi connectivity index (χ0n) is 9.00. The van der Waals surface area contributed by atoms with Crippen LogP contribution in [0.5, 0.6) is 0 Å². The number of halogens is 1. The number of nitrogens with one attached hydrogen (secondary N) is 1. The smallest absolute Gasteiger partial charge is 0.0498 e. The van der Waals surface area contributed by atoms with E-state index in [2.05, 4.69) is 45.3 Å². The fourth-order valence-electron chi connectivity index (χ4n) is 2.38. The lowest BCUT2D eigenvalue weighted by Gasteiger charge is -2.05. The van der Waals surface area contributed by atoms with Gasteiger partial charge in [0.15, 0.2) is 0 Å². The first-order valence-electron chi connectivity index (χ1n) is 5.66. The number of ether oxygens (including phenoxy) is 1. The molecule has 0 bridgehead atoms. The molecule has 0 amide bonds. The molecule has 1 aromatic carbocycles. The highest BCUT2D eigenvalue weighted by atomic mass is 79.9. The lowest BCUT2D eigenvalue weighted by Crippen LogP contribution is -2.02. The van der Waals surface area contributed by atoms with Crippen LogP contribution in [0.15, 0.2) is 28.9 Å². The summed E-state index contributed by atoms with van der Waals surface area (Å²) < 4.78 is 6.54. The van der Waals surface area contributed by atoms with Crippen LogP contribution in [-0.4, -0.2) is 18.2 Å². The fraction of sp³-hybridized carbons (Fsp3) is 0.385. The van der Waals surface area contributed by atoms with E-state index in [9.17, 15) is 0 Å². The number of hydrogen-bond donors (Lipinski definition) is 1. The van der Waals surface area contributed by atoms with E-state index < -0.39 is 0 Å². The summed E-state index contributed by atoms with van der Waals surface area (Å²) >= 11 is 3.49. The molecule has 16 heavy (non-hydrogen) atoms. The van der Waals surface area contributed by atoms with Gasteiger partial charge in [-0.25, -0.2) is 0 Å². The van der Waals surface area contributed by atoms with Crippen LogP contribution in [0.25, 0.3) is 10.9 Å². The lowest BCUT2D eigenvalue weighted by atomic mass is 9.98. The molecule has 84 valence electrons. The molecule has 1 unspecified atom stereocenters. The SMILES string of the molecule is Brc1ccc2c(CC3CCOC3)c[nH]c2c1. The molecule has 1 aliphatic rings. The number of aromatic amines is 1. The van der Waals surface area contributed by atoms with E-state index in [1.165, 1.54) is 22.9 Å². The van der Waals surface area contributed by atoms with Crippen LogP contribution in [0.3, 0.4) is 0 Å². The van der Waals surface area contributed by atoms with Gasteiger partial charge in [0.05, 0.1) is 0 Å². The summed E-state index contributed by atoms with van der Waals surface area (Å²) in [6.07, 6.45) is 4.46. The van der Waals surface area contributed by atoms with Crippen molar-refractivity contribution in [3.05, 3.63) is 34.4 Å². The zero-order chi connectivity index (χ0) is 11.0. The Balaban J connectivity index is 1.91. The Morgan fingerprint density at radius 2 is 2.38 bits per heavy atom. The molecule has 0 radical (unpaired) electrons. The molecule has 1 fully saturated rings. The van der Waals surface area contributed by atoms with Crippen molar-refractivity contribution in [1.82, 2.24) is 4.98 Å². The standard InChI is InChI=1S/C13H14BrNO/c14-11-1-2-12-10(7-15-13(12)6-11)5-9-3-4-16-8-9/h1-2,6-7,9,15H,3-5,8H2. The molecule has 3 heteroatoms. The predicted molar refractivity (Wildman–Crippen MR) is 68.6 cm³/mol. The van der Waals surface area contributed by atoms with Crippen molar-refractivity contribution in [2.75, 3.05) is 13.2 Å². The van der Waals surface area contributed by atoms with Gasteiger partial charge in [-0.1, -0.05) is 22.0 Å². The van der Waals surface area contributed by atoms with Crippen molar-refractivity contribution in [2.45, 2.75) is 12.8 Å². The van der Waals surface area contributed by atoms with E-state index in [1.807, 2.05) is 0 Å². The summed E-state index contributed by atoms with van der Waals surface area (Å²) in [4.78, 5) is 3.33. The molecule has 1 aromatic heterocycles. The quantitative estimate of drug-likeness (QED) is 0.894. The van der Waals surface area contributed by atoms with Crippen LogP contribution in [0.4, 0.5) is 0 Å². The third-order valence-corrected chi connectivity index (χ3v) is 3.76. The van der Waals surface area contributed by atoms with Crippen molar-refractivity contribution >= 4 is 26.8 Å². The van der Waals surface area contributed by atoms with Gasteiger partial charge in [0.2, 0.25) is 0 Å². The Morgan fingerprint density at radius 1 is 1.44 bits per heavy atom. The van der Waals surface area contributed by atoms with Gasteiger partial charge >= 0.3 is 0 Å². The third kappa shape index (κ3) is 1.89. The van der Waals surface area contributed by atoms with Gasteiger partial charge in [0.25, 0.3) is 0 Å². The molecule has 0 spiro atoms. The van der Waals surface area contributed by atoms with Crippen molar-refractivity contribution in [3.8, 4) is 0 Å². The monoisotopic (exact) mass is 279 g/mol. The lowest BCUT2D eigenvalue weighted by molar-refractivity contribution is 0.186. The number of H-pyrrole nitrogens is 1. The van der Waals surface area contributed by atoms with Gasteiger partial charge in [-0.15, -0.1) is 0 Å². The normalized spacial score (nSPS) is 20.7. The highest BCUT2D eigenvalue weighted by Gasteiger charge is 2.17. The summed E-state index contributed by atoms with van der Waals surface area (Å²) in [7, 11) is 0. The number of benzene rings is 1. The Hall–Kier alpha value is -0.800. The molecule has 3 rings (SSSR count). The molecule has 2 aromatic rings. The molecule has 0 aliphatic carbocycles. The van der Waals surface area contributed by atoms with E-state index in [1.54, 1.807) is 0 Å². The van der Waals surface area contributed by atoms with E-state index >= 15 is 0 Å². The Labute approximate surface area is 103 Å². The molecule has 1 saturated heterocycles. The van der Waals surface area contributed by atoms with Crippen molar-refractivity contribution in [3.63, 3.8) is 0 Å². The fourth-order valence-corrected chi connectivity index (χ4v) is 2.74. The number of hydrogen-bond acceptors (Lipinski definition) is 1. The summed E-state index contributed by atoms with van der Waals surface area (Å²) in [6, 6.07) is 6.41. The van der Waals surface area contributed by atoms with Gasteiger partial charge in [0, 0.05) is 34.8 Å². The third-order valence-electron chi connectivity index (χ3n) is 3.26. The second-order valence-electron chi connectivity index (χ2n) is 4.44. The maximum atomic E-state index is 5.42.